The van der Waals surface area contributed by atoms with Crippen LogP contribution >= 0.6 is 12.2 Å². The van der Waals surface area contributed by atoms with Crippen molar-refractivity contribution in [1.29, 1.82) is 0 Å². The van der Waals surface area contributed by atoms with E-state index in [0.29, 0.717) is 66.6 Å². The SMILES string of the molecule is CCn1cc(C(=O)[O-])c(=O)c2cnc(N3CCN(C(=S)Nc4cc(OC)ccc4OC)CC3)nc21. The van der Waals surface area contributed by atoms with Crippen LogP contribution < -0.4 is 30.2 Å². The molecule has 2 aromatic heterocycles. The predicted molar refractivity (Wildman–Crippen MR) is 133 cm³/mol. The van der Waals surface area contributed by atoms with E-state index < -0.39 is 17.0 Å². The topological polar surface area (TPSA) is 125 Å². The molecule has 0 radical (unpaired) electrons. The van der Waals surface area contributed by atoms with Crippen molar-refractivity contribution in [2.75, 3.05) is 50.6 Å². The fourth-order valence-corrected chi connectivity index (χ4v) is 4.21. The third-order valence-corrected chi connectivity index (χ3v) is 6.22. The normalized spacial score (nSPS) is 13.6. The monoisotopic (exact) mass is 497 g/mol. The number of aromatic carboxylic acids is 1. The largest absolute Gasteiger partial charge is 0.545 e. The van der Waals surface area contributed by atoms with Crippen molar-refractivity contribution in [1.82, 2.24) is 19.4 Å². The van der Waals surface area contributed by atoms with Gasteiger partial charge < -0.3 is 39.1 Å². The van der Waals surface area contributed by atoms with Crippen molar-refractivity contribution >= 4 is 46.0 Å². The summed E-state index contributed by atoms with van der Waals surface area (Å²) < 4.78 is 12.3. The molecular weight excluding hydrogens is 472 g/mol. The number of aromatic nitrogens is 3. The number of thiocarbonyl (C=S) groups is 1. The van der Waals surface area contributed by atoms with Crippen LogP contribution in [-0.4, -0.2) is 70.9 Å². The highest BCUT2D eigenvalue weighted by Crippen LogP contribution is 2.29. The first-order chi connectivity index (χ1) is 16.9. The fourth-order valence-electron chi connectivity index (χ4n) is 3.92. The summed E-state index contributed by atoms with van der Waals surface area (Å²) in [4.78, 5) is 36.8. The Labute approximate surface area is 206 Å². The summed E-state index contributed by atoms with van der Waals surface area (Å²) in [5.41, 5.74) is 0.0475. The van der Waals surface area contributed by atoms with Crippen molar-refractivity contribution in [2.24, 2.45) is 0 Å². The highest BCUT2D eigenvalue weighted by atomic mass is 32.1. The van der Waals surface area contributed by atoms with Gasteiger partial charge in [0.15, 0.2) is 5.11 Å². The molecule has 1 N–H and O–H groups in total. The highest BCUT2D eigenvalue weighted by Gasteiger charge is 2.22. The fraction of sp³-hybridized carbons (Fsp3) is 0.348. The number of ether oxygens (including phenoxy) is 2. The first-order valence-electron chi connectivity index (χ1n) is 11.0. The Morgan fingerprint density at radius 3 is 2.57 bits per heavy atom. The van der Waals surface area contributed by atoms with Gasteiger partial charge in [-0.05, 0) is 31.3 Å². The van der Waals surface area contributed by atoms with E-state index in [-0.39, 0.29) is 5.39 Å². The lowest BCUT2D eigenvalue weighted by Crippen LogP contribution is -2.50. The van der Waals surface area contributed by atoms with Gasteiger partial charge in [-0.2, -0.15) is 4.98 Å². The molecule has 0 bridgehead atoms. The zero-order chi connectivity index (χ0) is 25.1. The molecule has 1 aliphatic rings. The van der Waals surface area contributed by atoms with E-state index in [4.69, 9.17) is 21.7 Å². The third-order valence-electron chi connectivity index (χ3n) is 5.86. The lowest BCUT2D eigenvalue weighted by molar-refractivity contribution is -0.255. The molecule has 35 heavy (non-hydrogen) atoms. The molecule has 0 aliphatic carbocycles. The highest BCUT2D eigenvalue weighted by molar-refractivity contribution is 7.80. The second-order valence-corrected chi connectivity index (χ2v) is 8.21. The molecule has 1 saturated heterocycles. The molecule has 0 unspecified atom stereocenters. The summed E-state index contributed by atoms with van der Waals surface area (Å²) in [6.07, 6.45) is 2.65. The summed E-state index contributed by atoms with van der Waals surface area (Å²) >= 11 is 5.62. The lowest BCUT2D eigenvalue weighted by Gasteiger charge is -2.36. The number of carbonyl (C=O) groups excluding carboxylic acids is 1. The summed E-state index contributed by atoms with van der Waals surface area (Å²) in [5, 5.41) is 15.2. The molecule has 1 aromatic carbocycles. The smallest absolute Gasteiger partial charge is 0.227 e. The number of hydrogen-bond donors (Lipinski definition) is 1. The zero-order valence-electron chi connectivity index (χ0n) is 19.6. The van der Waals surface area contributed by atoms with Gasteiger partial charge in [0.25, 0.3) is 0 Å². The number of carbonyl (C=O) groups is 1. The van der Waals surface area contributed by atoms with Crippen molar-refractivity contribution in [3.05, 3.63) is 46.4 Å². The average molecular weight is 498 g/mol. The van der Waals surface area contributed by atoms with Gasteiger partial charge in [0.05, 0.1) is 36.8 Å². The lowest BCUT2D eigenvalue weighted by atomic mass is 10.2. The molecule has 0 atom stereocenters. The number of methoxy groups -OCH3 is 2. The van der Waals surface area contributed by atoms with E-state index in [1.165, 1.54) is 12.4 Å². The van der Waals surface area contributed by atoms with Gasteiger partial charge in [-0.1, -0.05) is 0 Å². The molecule has 0 saturated carbocycles. The number of carboxylic acid groups (broad SMARTS) is 1. The third kappa shape index (κ3) is 4.83. The van der Waals surface area contributed by atoms with Gasteiger partial charge in [-0.25, -0.2) is 4.98 Å². The number of piperazine rings is 1. The van der Waals surface area contributed by atoms with Gasteiger partial charge in [-0.15, -0.1) is 0 Å². The van der Waals surface area contributed by atoms with Crippen molar-refractivity contribution in [2.45, 2.75) is 13.5 Å². The van der Waals surface area contributed by atoms with Crippen LogP contribution in [0.5, 0.6) is 11.5 Å². The number of nitrogens with one attached hydrogen (secondary N) is 1. The van der Waals surface area contributed by atoms with Crippen LogP contribution in [-0.2, 0) is 6.54 Å². The first-order valence-corrected chi connectivity index (χ1v) is 11.4. The minimum Gasteiger partial charge on any atom is -0.545 e. The summed E-state index contributed by atoms with van der Waals surface area (Å²) in [7, 11) is 3.19. The average Bonchev–Trinajstić information content (AvgIpc) is 2.88. The second kappa shape index (κ2) is 10.1. The number of nitrogens with zero attached hydrogens (tertiary/aromatic N) is 5. The Morgan fingerprint density at radius 2 is 1.94 bits per heavy atom. The van der Waals surface area contributed by atoms with Gasteiger partial charge in [-0.3, -0.25) is 4.79 Å². The van der Waals surface area contributed by atoms with E-state index in [0.717, 1.165) is 0 Å². The molecular formula is C23H25N6O5S-. The summed E-state index contributed by atoms with van der Waals surface area (Å²) in [5.74, 6) is 0.288. The van der Waals surface area contributed by atoms with Crippen molar-refractivity contribution < 1.29 is 19.4 Å². The quantitative estimate of drug-likeness (QED) is 0.484. The molecule has 12 heteroatoms. The molecule has 4 rings (SSSR count). The maximum atomic E-state index is 12.5. The minimum absolute atomic E-state index is 0.147. The summed E-state index contributed by atoms with van der Waals surface area (Å²) in [6.45, 7) is 4.75. The van der Waals surface area contributed by atoms with Crippen LogP contribution in [0.15, 0.2) is 35.4 Å². The van der Waals surface area contributed by atoms with Gasteiger partial charge in [0, 0.05) is 51.2 Å². The van der Waals surface area contributed by atoms with Crippen LogP contribution in [0.4, 0.5) is 11.6 Å². The number of pyridine rings is 1. The Hall–Kier alpha value is -3.93. The van der Waals surface area contributed by atoms with Gasteiger partial charge in [0.1, 0.15) is 17.1 Å². The van der Waals surface area contributed by atoms with Crippen LogP contribution in [0.25, 0.3) is 11.0 Å². The molecule has 184 valence electrons. The number of hydrogen-bond acceptors (Lipinski definition) is 9. The second-order valence-electron chi connectivity index (χ2n) is 7.82. The maximum absolute atomic E-state index is 12.5. The maximum Gasteiger partial charge on any atom is 0.227 e. The zero-order valence-corrected chi connectivity index (χ0v) is 20.4. The molecule has 1 fully saturated rings. The van der Waals surface area contributed by atoms with Crippen LogP contribution in [0, 0.1) is 0 Å². The Kier molecular flexibility index (Phi) is 7.01. The van der Waals surface area contributed by atoms with E-state index >= 15 is 0 Å². The Balaban J connectivity index is 1.49. The molecule has 1 aliphatic heterocycles. The molecule has 0 spiro atoms. The Morgan fingerprint density at radius 1 is 1.20 bits per heavy atom. The number of fused-ring (bicyclic) bond motifs is 1. The van der Waals surface area contributed by atoms with Gasteiger partial charge >= 0.3 is 0 Å². The van der Waals surface area contributed by atoms with Crippen LogP contribution in [0.2, 0.25) is 0 Å². The molecule has 11 nitrogen and oxygen atoms in total. The number of carboxylic acids is 1. The van der Waals surface area contributed by atoms with Gasteiger partial charge in [0.2, 0.25) is 11.4 Å². The van der Waals surface area contributed by atoms with Crippen LogP contribution in [0.1, 0.15) is 17.3 Å². The summed E-state index contributed by atoms with van der Waals surface area (Å²) in [6, 6.07) is 5.45. The number of aryl methyl sites for hydroxylation is 1. The molecule has 3 heterocycles. The van der Waals surface area contributed by atoms with Crippen LogP contribution in [0.3, 0.4) is 0 Å². The van der Waals surface area contributed by atoms with Crippen molar-refractivity contribution in [3.8, 4) is 11.5 Å². The standard InChI is InChI=1S/C23H26N6O5S/c1-4-27-13-16(21(31)32)19(30)15-12-24-22(26-20(15)27)28-7-9-29(10-8-28)23(35)25-17-11-14(33-2)5-6-18(17)34-3/h5-6,11-13H,4,7-10H2,1-3H3,(H,25,35)(H,31,32)/p-1. The van der Waals surface area contributed by atoms with E-state index in [1.807, 2.05) is 34.9 Å². The number of rotatable bonds is 6. The van der Waals surface area contributed by atoms with E-state index in [9.17, 15) is 14.7 Å². The van der Waals surface area contributed by atoms with Crippen molar-refractivity contribution in [3.63, 3.8) is 0 Å². The van der Waals surface area contributed by atoms with E-state index in [2.05, 4.69) is 15.3 Å². The first kappa shape index (κ1) is 24.2. The predicted octanol–water partition coefficient (Wildman–Crippen LogP) is 0.711. The molecule has 0 amide bonds. The molecule has 3 aromatic rings. The number of anilines is 2. The Bertz CT molecular complexity index is 1340. The minimum atomic E-state index is -1.52. The van der Waals surface area contributed by atoms with E-state index in [1.54, 1.807) is 18.8 Å². The number of benzene rings is 1.